The fourth-order valence-corrected chi connectivity index (χ4v) is 1.55. The third-order valence-corrected chi connectivity index (χ3v) is 2.27. The normalized spacial score (nSPS) is 24.6. The van der Waals surface area contributed by atoms with Gasteiger partial charge < -0.3 is 10.4 Å². The van der Waals surface area contributed by atoms with Crippen LogP contribution >= 0.6 is 24.0 Å². The highest BCUT2D eigenvalue weighted by Crippen LogP contribution is 2.18. The molecule has 54 valence electrons. The molecule has 1 atom stereocenters. The summed E-state index contributed by atoms with van der Waals surface area (Å²) >= 11 is 5.41. The van der Waals surface area contributed by atoms with Crippen LogP contribution < -0.4 is 5.32 Å². The van der Waals surface area contributed by atoms with Gasteiger partial charge in [0.25, 0.3) is 0 Å². The van der Waals surface area contributed by atoms with Crippen LogP contribution in [0.4, 0.5) is 0 Å². The van der Waals surface area contributed by atoms with Crippen molar-refractivity contribution in [2.45, 2.75) is 5.25 Å². The van der Waals surface area contributed by atoms with Crippen LogP contribution in [0.15, 0.2) is 0 Å². The number of carbonyl (C=O) groups is 2. The van der Waals surface area contributed by atoms with Gasteiger partial charge in [-0.25, -0.2) is 0 Å². The lowest BCUT2D eigenvalue weighted by molar-refractivity contribution is -0.139. The zero-order valence-electron chi connectivity index (χ0n) is 4.66. The second kappa shape index (κ2) is 2.55. The summed E-state index contributed by atoms with van der Waals surface area (Å²) in [7, 11) is 0. The molecule has 1 amide bonds. The molecule has 0 spiro atoms. The van der Waals surface area contributed by atoms with E-state index in [0.29, 0.717) is 0 Å². The second-order valence-corrected chi connectivity index (χ2v) is 3.39. The van der Waals surface area contributed by atoms with Gasteiger partial charge in [0.1, 0.15) is 4.32 Å². The summed E-state index contributed by atoms with van der Waals surface area (Å²) in [6.07, 6.45) is 0. The Labute approximate surface area is 66.0 Å². The number of carboxylic acids is 1. The van der Waals surface area contributed by atoms with Gasteiger partial charge in [-0.2, -0.15) is 0 Å². The van der Waals surface area contributed by atoms with Crippen molar-refractivity contribution < 1.29 is 14.7 Å². The average Bonchev–Trinajstić information content (AvgIpc) is 2.10. The number of nitrogens with one attached hydrogen (secondary N) is 1. The maximum absolute atomic E-state index is 10.6. The highest BCUT2D eigenvalue weighted by molar-refractivity contribution is 8.24. The molecule has 10 heavy (non-hydrogen) atoms. The Morgan fingerprint density at radius 2 is 2.40 bits per heavy atom. The van der Waals surface area contributed by atoms with Gasteiger partial charge in [0.2, 0.25) is 5.91 Å². The maximum Gasteiger partial charge on any atom is 0.326 e. The number of carboxylic acid groups (broad SMARTS) is 1. The van der Waals surface area contributed by atoms with E-state index >= 15 is 0 Å². The van der Waals surface area contributed by atoms with Crippen molar-refractivity contribution in [1.82, 2.24) is 5.32 Å². The molecule has 0 bridgehead atoms. The molecule has 1 aliphatic heterocycles. The maximum atomic E-state index is 10.6. The van der Waals surface area contributed by atoms with Gasteiger partial charge in [0.15, 0.2) is 5.25 Å². The Bertz CT molecular complexity index is 215. The van der Waals surface area contributed by atoms with Crippen molar-refractivity contribution in [3.8, 4) is 0 Å². The monoisotopic (exact) mass is 177 g/mol. The van der Waals surface area contributed by atoms with Crippen LogP contribution in [-0.2, 0) is 9.59 Å². The molecular formula is C4H3NO3S2. The summed E-state index contributed by atoms with van der Waals surface area (Å²) in [4.78, 5) is 20.8. The molecule has 1 fully saturated rings. The average molecular weight is 177 g/mol. The van der Waals surface area contributed by atoms with E-state index in [1.807, 2.05) is 0 Å². The first-order valence-electron chi connectivity index (χ1n) is 2.35. The van der Waals surface area contributed by atoms with Gasteiger partial charge in [0, 0.05) is 0 Å². The minimum Gasteiger partial charge on any atom is -0.480 e. The zero-order valence-corrected chi connectivity index (χ0v) is 6.29. The van der Waals surface area contributed by atoms with Crippen LogP contribution in [0.5, 0.6) is 0 Å². The number of amides is 1. The number of hydrogen-bond acceptors (Lipinski definition) is 4. The quantitative estimate of drug-likeness (QED) is 0.421. The number of rotatable bonds is 1. The molecule has 6 heteroatoms. The molecule has 1 aliphatic rings. The Morgan fingerprint density at radius 1 is 1.80 bits per heavy atom. The number of thioether (sulfide) groups is 1. The first-order chi connectivity index (χ1) is 4.61. The molecule has 1 rings (SSSR count). The Hall–Kier alpha value is -0.620. The molecule has 1 heterocycles. The van der Waals surface area contributed by atoms with Gasteiger partial charge in [0.05, 0.1) is 0 Å². The highest BCUT2D eigenvalue weighted by atomic mass is 32.2. The summed E-state index contributed by atoms with van der Waals surface area (Å²) < 4.78 is 0.234. The second-order valence-electron chi connectivity index (χ2n) is 1.61. The van der Waals surface area contributed by atoms with E-state index in [2.05, 4.69) is 17.5 Å². The zero-order chi connectivity index (χ0) is 7.72. The van der Waals surface area contributed by atoms with Gasteiger partial charge in [-0.05, 0) is 0 Å². The van der Waals surface area contributed by atoms with E-state index < -0.39 is 17.1 Å². The van der Waals surface area contributed by atoms with E-state index in [0.717, 1.165) is 11.8 Å². The molecule has 4 nitrogen and oxygen atoms in total. The third-order valence-electron chi connectivity index (χ3n) is 0.913. The first kappa shape index (κ1) is 7.49. The van der Waals surface area contributed by atoms with E-state index in [1.165, 1.54) is 0 Å². The third kappa shape index (κ3) is 1.27. The molecule has 0 aromatic heterocycles. The molecule has 1 unspecified atom stereocenters. The highest BCUT2D eigenvalue weighted by Gasteiger charge is 2.34. The Kier molecular flexibility index (Phi) is 1.91. The molecule has 0 aromatic rings. The summed E-state index contributed by atoms with van der Waals surface area (Å²) in [6, 6.07) is 0. The van der Waals surface area contributed by atoms with E-state index in [4.69, 9.17) is 5.11 Å². The number of thiocarbonyl (C=S) groups is 1. The summed E-state index contributed by atoms with van der Waals surface area (Å²) in [5, 5.41) is 9.53. The smallest absolute Gasteiger partial charge is 0.326 e. The predicted molar refractivity (Wildman–Crippen MR) is 39.8 cm³/mol. The van der Waals surface area contributed by atoms with E-state index in [1.54, 1.807) is 0 Å². The molecule has 0 radical (unpaired) electrons. The van der Waals surface area contributed by atoms with Crippen LogP contribution in [0.3, 0.4) is 0 Å². The number of carbonyl (C=O) groups excluding carboxylic acids is 1. The van der Waals surface area contributed by atoms with E-state index in [9.17, 15) is 9.59 Å². The van der Waals surface area contributed by atoms with Crippen molar-refractivity contribution >= 4 is 40.2 Å². The van der Waals surface area contributed by atoms with Crippen LogP contribution in [-0.4, -0.2) is 26.6 Å². The van der Waals surface area contributed by atoms with Crippen LogP contribution in [0.2, 0.25) is 0 Å². The van der Waals surface area contributed by atoms with Crippen LogP contribution in [0.1, 0.15) is 0 Å². The number of hydrogen-bond donors (Lipinski definition) is 2. The van der Waals surface area contributed by atoms with E-state index in [-0.39, 0.29) is 4.32 Å². The largest absolute Gasteiger partial charge is 0.480 e. The minimum absolute atomic E-state index is 0.234. The van der Waals surface area contributed by atoms with Crippen molar-refractivity contribution in [3.05, 3.63) is 0 Å². The fourth-order valence-electron chi connectivity index (χ4n) is 0.519. The molecule has 0 saturated carbocycles. The Morgan fingerprint density at radius 3 is 2.60 bits per heavy atom. The van der Waals surface area contributed by atoms with Crippen molar-refractivity contribution in [3.63, 3.8) is 0 Å². The lowest BCUT2D eigenvalue weighted by Gasteiger charge is -1.93. The van der Waals surface area contributed by atoms with Crippen molar-refractivity contribution in [2.75, 3.05) is 0 Å². The topological polar surface area (TPSA) is 66.4 Å². The SMILES string of the molecule is O=C(O)C1SC(=S)NC1=O. The van der Waals surface area contributed by atoms with Crippen molar-refractivity contribution in [1.29, 1.82) is 0 Å². The summed E-state index contributed by atoms with van der Waals surface area (Å²) in [5.74, 6) is -1.69. The summed E-state index contributed by atoms with van der Waals surface area (Å²) in [6.45, 7) is 0. The van der Waals surface area contributed by atoms with Gasteiger partial charge in [-0.3, -0.25) is 9.59 Å². The fraction of sp³-hybridized carbons (Fsp3) is 0.250. The lowest BCUT2D eigenvalue weighted by Crippen LogP contribution is -2.29. The van der Waals surface area contributed by atoms with Gasteiger partial charge >= 0.3 is 5.97 Å². The predicted octanol–water partition coefficient (Wildman–Crippen LogP) is -0.413. The molecule has 0 aromatic carbocycles. The summed E-state index contributed by atoms with van der Waals surface area (Å²) in [5.41, 5.74) is 0. The molecule has 2 N–H and O–H groups in total. The lowest BCUT2D eigenvalue weighted by atomic mass is 10.4. The molecule has 1 saturated heterocycles. The van der Waals surface area contributed by atoms with Crippen LogP contribution in [0.25, 0.3) is 0 Å². The standard InChI is InChI=1S/C4H3NO3S2/c6-2-1(3(7)8)10-4(9)5-2/h1H,(H,7,8)(H,5,6,9). The molecular weight excluding hydrogens is 174 g/mol. The minimum atomic E-state index is -1.15. The Balaban J connectivity index is 2.72. The van der Waals surface area contributed by atoms with Gasteiger partial charge in [-0.15, -0.1) is 0 Å². The molecule has 0 aliphatic carbocycles. The van der Waals surface area contributed by atoms with Gasteiger partial charge in [-0.1, -0.05) is 24.0 Å². The number of aliphatic carboxylic acids is 1. The van der Waals surface area contributed by atoms with Crippen LogP contribution in [0, 0.1) is 0 Å². The first-order valence-corrected chi connectivity index (χ1v) is 3.64. The van der Waals surface area contributed by atoms with Crippen molar-refractivity contribution in [2.24, 2.45) is 0 Å².